The van der Waals surface area contributed by atoms with Crippen molar-refractivity contribution in [1.29, 1.82) is 0 Å². The van der Waals surface area contributed by atoms with Crippen molar-refractivity contribution in [3.63, 3.8) is 0 Å². The number of carbonyl (C=O) groups excluding carboxylic acids is 2. The van der Waals surface area contributed by atoms with Crippen LogP contribution in [0.15, 0.2) is 140 Å². The van der Waals surface area contributed by atoms with Crippen LogP contribution in [-0.2, 0) is 65.5 Å². The van der Waals surface area contributed by atoms with Gasteiger partial charge in [0.15, 0.2) is 5.16 Å². The first-order valence-electron chi connectivity index (χ1n) is 23.4. The molecular weight excluding hydrogens is 1400 g/mol. The summed E-state index contributed by atoms with van der Waals surface area (Å²) in [6, 6.07) is 7.71. The Bertz CT molecular complexity index is 5220. The minimum atomic E-state index is -5.30. The van der Waals surface area contributed by atoms with Crippen molar-refractivity contribution in [3.8, 4) is 0 Å². The lowest BCUT2D eigenvalue weighted by Crippen LogP contribution is -2.32. The predicted octanol–water partition coefficient (Wildman–Crippen LogP) is 6.11. The molecule has 4 amide bonds. The zero-order valence-corrected chi connectivity index (χ0v) is 51.1. The summed E-state index contributed by atoms with van der Waals surface area (Å²) in [7, 11) is -31.4. The molecule has 0 saturated carbocycles. The van der Waals surface area contributed by atoms with Crippen LogP contribution >= 0.6 is 35.0 Å². The smallest absolute Gasteiger partial charge is 0.327 e. The molecule has 0 radical (unpaired) electrons. The maximum atomic E-state index is 12.6. The zero-order valence-electron chi connectivity index (χ0n) is 43.9. The van der Waals surface area contributed by atoms with Gasteiger partial charge < -0.3 is 43.2 Å². The van der Waals surface area contributed by atoms with Crippen LogP contribution in [0, 0.1) is 0 Å². The Hall–Kier alpha value is -9.14. The number of aromatic nitrogens is 6. The van der Waals surface area contributed by atoms with Gasteiger partial charge in [0, 0.05) is 27.9 Å². The van der Waals surface area contributed by atoms with Gasteiger partial charge in [-0.1, -0.05) is 11.8 Å². The minimum absolute atomic E-state index is 0.00974. The van der Waals surface area contributed by atoms with Crippen molar-refractivity contribution >= 4 is 199 Å². The number of hydrogen-bond acceptors (Lipinski definition) is 29. The molecule has 2 aromatic heterocycles. The lowest BCUT2D eigenvalue weighted by molar-refractivity contribution is -0.137. The number of carbonyl (C=O) groups is 3. The summed E-state index contributed by atoms with van der Waals surface area (Å²) in [6.07, 6.45) is 0. The number of nitrogens with two attached hydrogens (primary N) is 2. The number of azo groups is 2. The van der Waals surface area contributed by atoms with E-state index in [1.54, 1.807) is 0 Å². The SMILES string of the molecule is NC(=O)Nc1cc(Nc2nc(Cl)nc(NC(CSc3nc(Cl)nc(Nc4ccc(N=Nc5cc6c(S(=O)(=O)O)cc(S(=O)(=O)O)cc6cc5S(=O)(=O)O)c(NC(N)=O)c4)n3)C(=O)O)n2)ccc1N=Nc1cc2c(S(=O)(=O)O)cc(S(=O)(=O)O)cc2cc1S(=O)(=O)O. The quantitative estimate of drug-likeness (QED) is 0.0207. The Morgan fingerprint density at radius 2 is 0.857 bits per heavy atom. The molecule has 48 heteroatoms. The highest BCUT2D eigenvalue weighted by atomic mass is 35.5. The number of aliphatic carboxylic acids is 1. The maximum Gasteiger partial charge on any atom is 0.327 e. The number of amides is 4. The number of anilines is 7. The topological polar surface area (TPSA) is 637 Å². The Kier molecular flexibility index (Phi) is 19.1. The fourth-order valence-corrected chi connectivity index (χ4v) is 12.9. The van der Waals surface area contributed by atoms with Gasteiger partial charge in [-0.05, 0) is 119 Å². The third-order valence-corrected chi connectivity index (χ3v) is 17.9. The first kappa shape index (κ1) is 67.8. The normalized spacial score (nSPS) is 12.9. The number of carboxylic acids is 1. The molecule has 8 aromatic rings. The van der Waals surface area contributed by atoms with E-state index in [9.17, 15) is 97.3 Å². The molecule has 0 aliphatic carbocycles. The Morgan fingerprint density at radius 3 is 1.24 bits per heavy atom. The lowest BCUT2D eigenvalue weighted by Gasteiger charge is -2.15. The highest BCUT2D eigenvalue weighted by molar-refractivity contribution is 7.99. The summed E-state index contributed by atoms with van der Waals surface area (Å²) in [5.41, 5.74) is 8.06. The highest BCUT2D eigenvalue weighted by Gasteiger charge is 2.28. The molecular formula is C43H33Cl2N17O22S7. The second kappa shape index (κ2) is 25.6. The second-order valence-electron chi connectivity index (χ2n) is 17.7. The van der Waals surface area contributed by atoms with Gasteiger partial charge in [-0.15, -0.1) is 20.5 Å². The molecule has 0 bridgehead atoms. The van der Waals surface area contributed by atoms with Crippen molar-refractivity contribution in [2.24, 2.45) is 31.9 Å². The van der Waals surface area contributed by atoms with Gasteiger partial charge in [-0.3, -0.25) is 27.3 Å². The van der Waals surface area contributed by atoms with E-state index < -0.39 is 169 Å². The Balaban J connectivity index is 1.00. The number of nitrogens with one attached hydrogen (secondary N) is 5. The zero-order chi connectivity index (χ0) is 67.1. The van der Waals surface area contributed by atoms with Gasteiger partial charge in [-0.25, -0.2) is 14.4 Å². The molecule has 0 aliphatic heterocycles. The monoisotopic (exact) mass is 1430 g/mol. The van der Waals surface area contributed by atoms with E-state index >= 15 is 0 Å². The molecule has 478 valence electrons. The molecule has 0 aliphatic rings. The summed E-state index contributed by atoms with van der Waals surface area (Å²) in [5, 5.41) is 34.7. The van der Waals surface area contributed by atoms with E-state index in [1.807, 2.05) is 0 Å². The summed E-state index contributed by atoms with van der Waals surface area (Å²) < 4.78 is 205. The molecule has 6 aromatic carbocycles. The van der Waals surface area contributed by atoms with Crippen molar-refractivity contribution in [1.82, 2.24) is 29.9 Å². The van der Waals surface area contributed by atoms with Gasteiger partial charge in [0.05, 0.1) is 21.2 Å². The van der Waals surface area contributed by atoms with Gasteiger partial charge in [0.25, 0.3) is 60.7 Å². The summed E-state index contributed by atoms with van der Waals surface area (Å²) >= 11 is 13.1. The third-order valence-electron chi connectivity index (χ3n) is 11.4. The second-order valence-corrected chi connectivity index (χ2v) is 27.7. The highest BCUT2D eigenvalue weighted by Crippen LogP contribution is 2.40. The average Bonchev–Trinajstić information content (AvgIpc) is 0.763. The van der Waals surface area contributed by atoms with Crippen molar-refractivity contribution < 1.29 is 97.3 Å². The fourth-order valence-electron chi connectivity index (χ4n) is 7.68. The maximum absolute atomic E-state index is 12.6. The third kappa shape index (κ3) is 17.0. The number of hydrogen-bond donors (Lipinski definition) is 14. The molecule has 91 heavy (non-hydrogen) atoms. The van der Waals surface area contributed by atoms with Gasteiger partial charge in [0.1, 0.15) is 48.4 Å². The van der Waals surface area contributed by atoms with Gasteiger partial charge in [-0.2, -0.15) is 80.4 Å². The molecule has 16 N–H and O–H groups in total. The number of urea groups is 2. The van der Waals surface area contributed by atoms with E-state index in [-0.39, 0.29) is 51.2 Å². The number of fused-ring (bicyclic) bond motifs is 2. The molecule has 0 spiro atoms. The van der Waals surface area contributed by atoms with Crippen LogP contribution in [0.2, 0.25) is 10.6 Å². The number of carboxylic acid groups (broad SMARTS) is 1. The average molecular weight is 1440 g/mol. The largest absolute Gasteiger partial charge is 0.480 e. The van der Waals surface area contributed by atoms with Crippen molar-refractivity contribution in [2.45, 2.75) is 40.6 Å². The number of rotatable bonds is 22. The summed E-state index contributed by atoms with van der Waals surface area (Å²) in [6.45, 7) is 0. The van der Waals surface area contributed by atoms with E-state index in [4.69, 9.17) is 34.7 Å². The molecule has 0 fully saturated rings. The molecule has 0 saturated heterocycles. The molecule has 39 nitrogen and oxygen atoms in total. The van der Waals surface area contributed by atoms with E-state index in [1.165, 1.54) is 18.2 Å². The van der Waals surface area contributed by atoms with Crippen LogP contribution in [-0.4, -0.2) is 143 Å². The van der Waals surface area contributed by atoms with Crippen molar-refractivity contribution in [2.75, 3.05) is 32.3 Å². The first-order valence-corrected chi connectivity index (χ1v) is 33.8. The van der Waals surface area contributed by atoms with Crippen molar-refractivity contribution in [3.05, 3.63) is 95.5 Å². The van der Waals surface area contributed by atoms with Crippen LogP contribution in [0.5, 0.6) is 0 Å². The van der Waals surface area contributed by atoms with Gasteiger partial charge in [0.2, 0.25) is 28.4 Å². The van der Waals surface area contributed by atoms with Crippen LogP contribution in [0.25, 0.3) is 21.5 Å². The van der Waals surface area contributed by atoms with Gasteiger partial charge >= 0.3 is 18.0 Å². The number of halogens is 2. The van der Waals surface area contributed by atoms with E-state index in [0.29, 0.717) is 60.3 Å². The van der Waals surface area contributed by atoms with Crippen LogP contribution in [0.1, 0.15) is 0 Å². The molecule has 1 unspecified atom stereocenters. The number of benzene rings is 6. The Morgan fingerprint density at radius 1 is 0.473 bits per heavy atom. The fraction of sp³-hybridized carbons (Fsp3) is 0.0465. The Labute approximate surface area is 522 Å². The lowest BCUT2D eigenvalue weighted by atomic mass is 10.1. The predicted molar refractivity (Wildman–Crippen MR) is 316 cm³/mol. The standard InChI is InChI=1S/C43H33Cl2N17O22S7/c44-36-53-40(48-18-1-3-24(26(9-18)50-38(46)65)59-61-28-13-22-16(7-33(28)90(79,80)81)5-20(86(67,68)69)11-31(22)88(73,74)75)57-42(54-36)52-30(35(63)64)15-85-43-56-37(45)55-41(58-43)49-19-2-4-25(27(10-19)51-39(47)66)60-62-29-14-23-17(8-34(29)91(82,83)84)6-21(87(70,71)72)12-32(23)89(76,77)78/h1-14,30H,15H2,(H,63,64)(H3,46,50,65)(H3,47,51,66)(H,67,68,69)(H,70,71,72)(H,73,74,75)(H,76,77,78)(H,79,80,81)(H,82,83,84)(H,49,55,56,58)(H2,48,52,53,54,57). The number of thioether (sulfide) groups is 1. The molecule has 1 atom stereocenters. The minimum Gasteiger partial charge on any atom is -0.480 e. The number of nitrogens with zero attached hydrogens (tertiary/aromatic N) is 10. The molecule has 2 heterocycles. The van der Waals surface area contributed by atoms with Crippen LogP contribution in [0.3, 0.4) is 0 Å². The number of primary amides is 2. The van der Waals surface area contributed by atoms with Crippen LogP contribution < -0.4 is 38.1 Å². The van der Waals surface area contributed by atoms with Crippen LogP contribution in [0.4, 0.5) is 72.9 Å². The van der Waals surface area contributed by atoms with E-state index in [0.717, 1.165) is 18.2 Å². The summed E-state index contributed by atoms with van der Waals surface area (Å²) in [5.74, 6) is -2.99. The van der Waals surface area contributed by atoms with E-state index in [2.05, 4.69) is 76.9 Å². The molecule has 8 rings (SSSR count). The summed E-state index contributed by atoms with van der Waals surface area (Å²) in [4.78, 5) is 54.3. The first-order chi connectivity index (χ1) is 42.1.